The van der Waals surface area contributed by atoms with Gasteiger partial charge in [0.2, 0.25) is 15.8 Å². The molecule has 0 aliphatic carbocycles. The molecule has 0 amide bonds. The summed E-state index contributed by atoms with van der Waals surface area (Å²) in [5.41, 5.74) is 0.345. The first-order valence-corrected chi connectivity index (χ1v) is 10.1. The third-order valence-corrected chi connectivity index (χ3v) is 6.02. The third kappa shape index (κ3) is 4.93. The molecule has 0 aliphatic rings. The number of carbonyl (C=O) groups excluding carboxylic acids is 2. The van der Waals surface area contributed by atoms with Crippen LogP contribution in [0.25, 0.3) is 0 Å². The Morgan fingerprint density at radius 3 is 2.03 bits per heavy atom. The van der Waals surface area contributed by atoms with Gasteiger partial charge in [-0.15, -0.1) is 0 Å². The summed E-state index contributed by atoms with van der Waals surface area (Å²) in [7, 11) is 1.74. The number of rotatable bonds is 8. The van der Waals surface area contributed by atoms with Crippen LogP contribution in [0.2, 0.25) is 0 Å². The molecule has 0 aliphatic heterocycles. The molecule has 0 N–H and O–H groups in total. The smallest absolute Gasteiger partial charge is 0.338 e. The van der Waals surface area contributed by atoms with Crippen molar-refractivity contribution in [2.24, 2.45) is 0 Å². The first kappa shape index (κ1) is 22.4. The van der Waals surface area contributed by atoms with Gasteiger partial charge < -0.3 is 14.2 Å². The van der Waals surface area contributed by atoms with Crippen molar-refractivity contribution in [1.29, 1.82) is 0 Å². The normalized spacial score (nSPS) is 12.3. The number of ketones is 1. The Kier molecular flexibility index (Phi) is 6.99. The van der Waals surface area contributed by atoms with Crippen LogP contribution in [-0.2, 0) is 14.8 Å². The molecule has 156 valence electrons. The largest absolute Gasteiger partial charge is 0.497 e. The predicted octanol–water partition coefficient (Wildman–Crippen LogP) is 2.38. The summed E-state index contributed by atoms with van der Waals surface area (Å²) >= 11 is 0. The van der Waals surface area contributed by atoms with Gasteiger partial charge in [0.15, 0.2) is 6.10 Å². The number of Topliss-reactive ketones (excluding diaryl/α,β-unsaturated/α-hetero) is 1. The highest BCUT2D eigenvalue weighted by Crippen LogP contribution is 2.27. The van der Waals surface area contributed by atoms with Crippen LogP contribution in [0, 0.1) is 0 Å². The Morgan fingerprint density at radius 2 is 1.52 bits per heavy atom. The van der Waals surface area contributed by atoms with Crippen molar-refractivity contribution in [1.82, 2.24) is 4.31 Å². The summed E-state index contributed by atoms with van der Waals surface area (Å²) in [5.74, 6) is -0.524. The van der Waals surface area contributed by atoms with E-state index in [9.17, 15) is 18.0 Å². The minimum atomic E-state index is -3.85. The molecule has 0 fully saturated rings. The van der Waals surface area contributed by atoms with Gasteiger partial charge in [-0.2, -0.15) is 0 Å². The van der Waals surface area contributed by atoms with Crippen molar-refractivity contribution < 1.29 is 32.2 Å². The van der Waals surface area contributed by atoms with E-state index in [1.54, 1.807) is 24.3 Å². The van der Waals surface area contributed by atoms with Gasteiger partial charge in [0.1, 0.15) is 16.4 Å². The molecule has 0 heterocycles. The van der Waals surface area contributed by atoms with E-state index in [0.717, 1.165) is 4.31 Å². The van der Waals surface area contributed by atoms with Gasteiger partial charge in [-0.3, -0.25) is 4.79 Å². The lowest BCUT2D eigenvalue weighted by Crippen LogP contribution is -2.25. The number of ether oxygens (including phenoxy) is 3. The van der Waals surface area contributed by atoms with E-state index in [4.69, 9.17) is 14.2 Å². The lowest BCUT2D eigenvalue weighted by molar-refractivity contribution is 0.0318. The second-order valence-corrected chi connectivity index (χ2v) is 8.41. The molecule has 1 unspecified atom stereocenters. The predicted molar refractivity (Wildman–Crippen MR) is 106 cm³/mol. The molecular formula is C20H23NO7S. The van der Waals surface area contributed by atoms with Crippen molar-refractivity contribution in [2.75, 3.05) is 28.3 Å². The maximum absolute atomic E-state index is 12.5. The van der Waals surface area contributed by atoms with Gasteiger partial charge in [-0.05, 0) is 49.4 Å². The number of esters is 1. The highest BCUT2D eigenvalue weighted by molar-refractivity contribution is 7.89. The number of benzene rings is 2. The summed E-state index contributed by atoms with van der Waals surface area (Å²) in [5, 5.41) is 0. The fourth-order valence-electron chi connectivity index (χ4n) is 2.47. The minimum absolute atomic E-state index is 0.0133. The third-order valence-electron chi connectivity index (χ3n) is 4.19. The zero-order valence-electron chi connectivity index (χ0n) is 16.8. The molecule has 0 spiro atoms. The maximum Gasteiger partial charge on any atom is 0.338 e. The van der Waals surface area contributed by atoms with E-state index >= 15 is 0 Å². The first-order chi connectivity index (χ1) is 13.6. The topological polar surface area (TPSA) is 99.2 Å². The molecule has 2 aromatic rings. The lowest BCUT2D eigenvalue weighted by Gasteiger charge is -2.16. The van der Waals surface area contributed by atoms with E-state index in [1.165, 1.54) is 53.4 Å². The number of hydrogen-bond donors (Lipinski definition) is 0. The number of methoxy groups -OCH3 is 2. The fraction of sp³-hybridized carbons (Fsp3) is 0.300. The highest BCUT2D eigenvalue weighted by Gasteiger charge is 2.26. The standard InChI is InChI=1S/C20H23NO7S/c1-13(19(22)14-6-9-16(26-4)10-7-14)28-20(23)15-8-11-17(27-5)18(12-15)29(24,25)21(2)3/h6-13H,1-5H3. The van der Waals surface area contributed by atoms with Crippen LogP contribution in [0.15, 0.2) is 47.4 Å². The van der Waals surface area contributed by atoms with Gasteiger partial charge in [0.05, 0.1) is 19.8 Å². The van der Waals surface area contributed by atoms with Gasteiger partial charge in [0, 0.05) is 19.7 Å². The molecule has 0 aromatic heterocycles. The molecule has 29 heavy (non-hydrogen) atoms. The Morgan fingerprint density at radius 1 is 0.931 bits per heavy atom. The second-order valence-electron chi connectivity index (χ2n) is 6.29. The molecule has 2 rings (SSSR count). The summed E-state index contributed by atoms with van der Waals surface area (Å²) < 4.78 is 41.4. The van der Waals surface area contributed by atoms with E-state index in [0.29, 0.717) is 11.3 Å². The molecule has 0 radical (unpaired) electrons. The van der Waals surface area contributed by atoms with Gasteiger partial charge >= 0.3 is 5.97 Å². The average molecular weight is 421 g/mol. The number of nitrogens with zero attached hydrogens (tertiary/aromatic N) is 1. The Balaban J connectivity index is 2.24. The molecular weight excluding hydrogens is 398 g/mol. The molecule has 0 saturated carbocycles. The zero-order valence-corrected chi connectivity index (χ0v) is 17.6. The Labute approximate surface area is 170 Å². The maximum atomic E-state index is 12.5. The van der Waals surface area contributed by atoms with E-state index in [2.05, 4.69) is 0 Å². The zero-order chi connectivity index (χ0) is 21.8. The highest BCUT2D eigenvalue weighted by atomic mass is 32.2. The lowest BCUT2D eigenvalue weighted by atomic mass is 10.1. The van der Waals surface area contributed by atoms with Gasteiger partial charge in [-0.25, -0.2) is 17.5 Å². The Bertz CT molecular complexity index is 998. The molecule has 9 heteroatoms. The van der Waals surface area contributed by atoms with Crippen LogP contribution in [0.5, 0.6) is 11.5 Å². The average Bonchev–Trinajstić information content (AvgIpc) is 2.72. The van der Waals surface area contributed by atoms with E-state index < -0.39 is 27.9 Å². The number of sulfonamides is 1. The van der Waals surface area contributed by atoms with Gasteiger partial charge in [0.25, 0.3) is 0 Å². The van der Waals surface area contributed by atoms with E-state index in [-0.39, 0.29) is 16.2 Å². The van der Waals surface area contributed by atoms with Crippen LogP contribution in [0.1, 0.15) is 27.6 Å². The number of carbonyl (C=O) groups is 2. The SMILES string of the molecule is COc1ccc(C(=O)C(C)OC(=O)c2ccc(OC)c(S(=O)(=O)N(C)C)c2)cc1. The summed E-state index contributed by atoms with van der Waals surface area (Å²) in [6, 6.07) is 10.3. The van der Waals surface area contributed by atoms with Crippen molar-refractivity contribution in [3.05, 3.63) is 53.6 Å². The summed E-state index contributed by atoms with van der Waals surface area (Å²) in [6.07, 6.45) is -1.06. The van der Waals surface area contributed by atoms with Crippen molar-refractivity contribution in [2.45, 2.75) is 17.9 Å². The van der Waals surface area contributed by atoms with Crippen molar-refractivity contribution in [3.8, 4) is 11.5 Å². The second kappa shape index (κ2) is 9.06. The minimum Gasteiger partial charge on any atom is -0.497 e. The van der Waals surface area contributed by atoms with Crippen LogP contribution >= 0.6 is 0 Å². The summed E-state index contributed by atoms with van der Waals surface area (Å²) in [6.45, 7) is 1.45. The molecule has 0 saturated heterocycles. The first-order valence-electron chi connectivity index (χ1n) is 8.61. The van der Waals surface area contributed by atoms with Crippen molar-refractivity contribution >= 4 is 21.8 Å². The molecule has 0 bridgehead atoms. The quantitative estimate of drug-likeness (QED) is 0.477. The monoisotopic (exact) mass is 421 g/mol. The summed E-state index contributed by atoms with van der Waals surface area (Å²) in [4.78, 5) is 24.8. The van der Waals surface area contributed by atoms with Crippen LogP contribution < -0.4 is 9.47 Å². The molecule has 8 nitrogen and oxygen atoms in total. The Hall–Kier alpha value is -2.91. The molecule has 2 aromatic carbocycles. The molecule has 1 atom stereocenters. The fourth-order valence-corrected chi connectivity index (χ4v) is 3.55. The van der Waals surface area contributed by atoms with Crippen LogP contribution in [0.3, 0.4) is 0 Å². The van der Waals surface area contributed by atoms with Crippen molar-refractivity contribution in [3.63, 3.8) is 0 Å². The van der Waals surface area contributed by atoms with E-state index in [1.807, 2.05) is 0 Å². The van der Waals surface area contributed by atoms with Crippen LogP contribution in [-0.4, -0.2) is 58.9 Å². The van der Waals surface area contributed by atoms with Gasteiger partial charge in [-0.1, -0.05) is 0 Å². The number of hydrogen-bond acceptors (Lipinski definition) is 7. The van der Waals surface area contributed by atoms with Crippen LogP contribution in [0.4, 0.5) is 0 Å².